The number of rotatable bonds is 2. The molecule has 3 rings (SSSR count). The zero-order valence-electron chi connectivity index (χ0n) is 11.1. The molecule has 0 radical (unpaired) electrons. The van der Waals surface area contributed by atoms with E-state index in [4.69, 9.17) is 4.74 Å². The second kappa shape index (κ2) is 5.25. The fraction of sp³-hybridized carbons (Fsp3) is 0.533. The third-order valence-corrected chi connectivity index (χ3v) is 4.43. The summed E-state index contributed by atoms with van der Waals surface area (Å²) in [4.78, 5) is 13.9. The standard InChI is InChI=1S/C15H18BrNO2/c1-10-8-17(4-2-14(10)18)9-12-7-13(16)6-11-3-5-19-15(11)12/h6-7,10H,2-5,8-9H2,1H3. The van der Waals surface area contributed by atoms with E-state index >= 15 is 0 Å². The van der Waals surface area contributed by atoms with E-state index in [1.807, 2.05) is 6.92 Å². The first-order valence-corrected chi connectivity index (χ1v) is 7.62. The molecule has 0 aromatic heterocycles. The van der Waals surface area contributed by atoms with Gasteiger partial charge in [-0.25, -0.2) is 0 Å². The van der Waals surface area contributed by atoms with Gasteiger partial charge < -0.3 is 4.74 Å². The summed E-state index contributed by atoms with van der Waals surface area (Å²) in [6.07, 6.45) is 1.68. The van der Waals surface area contributed by atoms with Gasteiger partial charge in [0.1, 0.15) is 11.5 Å². The number of fused-ring (bicyclic) bond motifs is 1. The number of ether oxygens (including phenoxy) is 1. The van der Waals surface area contributed by atoms with Crippen LogP contribution in [0.3, 0.4) is 0 Å². The third kappa shape index (κ3) is 2.70. The molecule has 1 saturated heterocycles. The number of halogens is 1. The number of hydrogen-bond acceptors (Lipinski definition) is 3. The third-order valence-electron chi connectivity index (χ3n) is 3.98. The number of piperidine rings is 1. The van der Waals surface area contributed by atoms with Crippen LogP contribution < -0.4 is 4.74 Å². The minimum atomic E-state index is 0.162. The molecule has 0 spiro atoms. The predicted molar refractivity (Wildman–Crippen MR) is 77.4 cm³/mol. The quantitative estimate of drug-likeness (QED) is 0.838. The van der Waals surface area contributed by atoms with Crippen LogP contribution in [0.1, 0.15) is 24.5 Å². The molecule has 1 aromatic rings. The molecule has 0 saturated carbocycles. The summed E-state index contributed by atoms with van der Waals surface area (Å²) in [5.74, 6) is 1.62. The van der Waals surface area contributed by atoms with Crippen LogP contribution in [-0.4, -0.2) is 30.4 Å². The van der Waals surface area contributed by atoms with Crippen molar-refractivity contribution in [1.29, 1.82) is 0 Å². The number of Topliss-reactive ketones (excluding diaryl/α,β-unsaturated/α-hetero) is 1. The van der Waals surface area contributed by atoms with Crippen molar-refractivity contribution in [2.75, 3.05) is 19.7 Å². The summed E-state index contributed by atoms with van der Waals surface area (Å²) < 4.78 is 6.88. The highest BCUT2D eigenvalue weighted by Gasteiger charge is 2.25. The van der Waals surface area contributed by atoms with Gasteiger partial charge in [-0.05, 0) is 17.7 Å². The molecule has 1 atom stereocenters. The Morgan fingerprint density at radius 2 is 2.26 bits per heavy atom. The van der Waals surface area contributed by atoms with Gasteiger partial charge in [0.2, 0.25) is 0 Å². The van der Waals surface area contributed by atoms with Crippen LogP contribution in [0.5, 0.6) is 5.75 Å². The van der Waals surface area contributed by atoms with Gasteiger partial charge in [0.05, 0.1) is 6.61 Å². The highest BCUT2D eigenvalue weighted by molar-refractivity contribution is 9.10. The first-order valence-electron chi connectivity index (χ1n) is 6.82. The molecule has 0 aliphatic carbocycles. The van der Waals surface area contributed by atoms with Crippen LogP contribution in [0.15, 0.2) is 16.6 Å². The Balaban J connectivity index is 1.79. The zero-order chi connectivity index (χ0) is 13.4. The number of benzene rings is 1. The van der Waals surface area contributed by atoms with Crippen LogP contribution in [0.25, 0.3) is 0 Å². The molecule has 0 bridgehead atoms. The summed E-state index contributed by atoms with van der Waals surface area (Å²) >= 11 is 3.57. The summed E-state index contributed by atoms with van der Waals surface area (Å²) in [6, 6.07) is 4.29. The van der Waals surface area contributed by atoms with E-state index in [0.717, 1.165) is 42.9 Å². The number of nitrogens with zero attached hydrogens (tertiary/aromatic N) is 1. The molecule has 3 nitrogen and oxygen atoms in total. The molecule has 2 aliphatic heterocycles. The van der Waals surface area contributed by atoms with E-state index in [-0.39, 0.29) is 5.92 Å². The minimum absolute atomic E-state index is 0.162. The highest BCUT2D eigenvalue weighted by atomic mass is 79.9. The van der Waals surface area contributed by atoms with Gasteiger partial charge >= 0.3 is 0 Å². The molecule has 102 valence electrons. The van der Waals surface area contributed by atoms with Crippen molar-refractivity contribution in [2.45, 2.75) is 26.3 Å². The molecular weight excluding hydrogens is 306 g/mol. The summed E-state index contributed by atoms with van der Waals surface area (Å²) in [7, 11) is 0. The van der Waals surface area contributed by atoms with Crippen molar-refractivity contribution < 1.29 is 9.53 Å². The maximum absolute atomic E-state index is 11.6. The molecule has 2 heterocycles. The van der Waals surface area contributed by atoms with Gasteiger partial charge in [0, 0.05) is 48.4 Å². The molecule has 0 amide bonds. The molecule has 0 N–H and O–H groups in total. The lowest BCUT2D eigenvalue weighted by molar-refractivity contribution is -0.125. The van der Waals surface area contributed by atoms with Crippen LogP contribution in [0.2, 0.25) is 0 Å². The molecule has 1 fully saturated rings. The van der Waals surface area contributed by atoms with Crippen LogP contribution in [0, 0.1) is 5.92 Å². The number of likely N-dealkylation sites (tertiary alicyclic amines) is 1. The molecule has 1 aromatic carbocycles. The SMILES string of the molecule is CC1CN(Cc2cc(Br)cc3c2OCC3)CCC1=O. The smallest absolute Gasteiger partial charge is 0.138 e. The number of hydrogen-bond donors (Lipinski definition) is 0. The van der Waals surface area contributed by atoms with E-state index in [2.05, 4.69) is 33.0 Å². The van der Waals surface area contributed by atoms with Crippen molar-refractivity contribution in [3.63, 3.8) is 0 Å². The van der Waals surface area contributed by atoms with Gasteiger partial charge in [-0.15, -0.1) is 0 Å². The van der Waals surface area contributed by atoms with Crippen molar-refractivity contribution >= 4 is 21.7 Å². The average molecular weight is 324 g/mol. The molecule has 4 heteroatoms. The Bertz CT molecular complexity index is 515. The Labute approximate surface area is 122 Å². The number of carbonyl (C=O) groups is 1. The second-order valence-corrected chi connectivity index (χ2v) is 6.42. The van der Waals surface area contributed by atoms with Crippen LogP contribution in [-0.2, 0) is 17.8 Å². The van der Waals surface area contributed by atoms with Gasteiger partial charge in [0.15, 0.2) is 0 Å². The fourth-order valence-corrected chi connectivity index (χ4v) is 3.50. The molecule has 1 unspecified atom stereocenters. The summed E-state index contributed by atoms with van der Waals surface area (Å²) in [6.45, 7) is 5.41. The maximum atomic E-state index is 11.6. The Kier molecular flexibility index (Phi) is 3.63. The van der Waals surface area contributed by atoms with Gasteiger partial charge in [-0.3, -0.25) is 9.69 Å². The van der Waals surface area contributed by atoms with Crippen molar-refractivity contribution in [3.05, 3.63) is 27.7 Å². The predicted octanol–water partition coefficient (Wildman–Crippen LogP) is 2.79. The van der Waals surface area contributed by atoms with Crippen molar-refractivity contribution in [1.82, 2.24) is 4.90 Å². The first-order chi connectivity index (χ1) is 9.13. The Morgan fingerprint density at radius 1 is 1.42 bits per heavy atom. The fourth-order valence-electron chi connectivity index (χ4n) is 2.94. The summed E-state index contributed by atoms with van der Waals surface area (Å²) in [5.41, 5.74) is 2.54. The van der Waals surface area contributed by atoms with Gasteiger partial charge in [0.25, 0.3) is 0 Å². The molecular formula is C15H18BrNO2. The van der Waals surface area contributed by atoms with Crippen molar-refractivity contribution in [3.8, 4) is 5.75 Å². The van der Waals surface area contributed by atoms with E-state index in [0.29, 0.717) is 12.2 Å². The maximum Gasteiger partial charge on any atom is 0.138 e. The molecule has 2 aliphatic rings. The normalized spacial score (nSPS) is 23.3. The van der Waals surface area contributed by atoms with Gasteiger partial charge in [-0.2, -0.15) is 0 Å². The van der Waals surface area contributed by atoms with Crippen molar-refractivity contribution in [2.24, 2.45) is 5.92 Å². The van der Waals surface area contributed by atoms with E-state index in [9.17, 15) is 4.79 Å². The van der Waals surface area contributed by atoms with Crippen LogP contribution in [0.4, 0.5) is 0 Å². The van der Waals surface area contributed by atoms with E-state index in [1.54, 1.807) is 0 Å². The minimum Gasteiger partial charge on any atom is -0.493 e. The zero-order valence-corrected chi connectivity index (χ0v) is 12.7. The Morgan fingerprint density at radius 3 is 3.05 bits per heavy atom. The lowest BCUT2D eigenvalue weighted by atomic mass is 9.98. The average Bonchev–Trinajstić information content (AvgIpc) is 2.82. The largest absolute Gasteiger partial charge is 0.493 e. The van der Waals surface area contributed by atoms with E-state index < -0.39 is 0 Å². The Hall–Kier alpha value is -0.870. The van der Waals surface area contributed by atoms with E-state index in [1.165, 1.54) is 11.1 Å². The summed E-state index contributed by atoms with van der Waals surface area (Å²) in [5, 5.41) is 0. The van der Waals surface area contributed by atoms with Crippen LogP contribution >= 0.6 is 15.9 Å². The number of ketones is 1. The number of carbonyl (C=O) groups excluding carboxylic acids is 1. The highest BCUT2D eigenvalue weighted by Crippen LogP contribution is 2.34. The lowest BCUT2D eigenvalue weighted by Gasteiger charge is -2.30. The topological polar surface area (TPSA) is 29.5 Å². The monoisotopic (exact) mass is 323 g/mol. The second-order valence-electron chi connectivity index (χ2n) is 5.50. The molecule has 19 heavy (non-hydrogen) atoms. The van der Waals surface area contributed by atoms with Gasteiger partial charge in [-0.1, -0.05) is 22.9 Å². The lowest BCUT2D eigenvalue weighted by Crippen LogP contribution is -2.39. The first kappa shape index (κ1) is 13.1.